The number of hydrogen-bond donors (Lipinski definition) is 4. The average Bonchev–Trinajstić information content (AvgIpc) is 3.00. The lowest BCUT2D eigenvalue weighted by Gasteiger charge is -2.24. The molecular formula is C23H31F3O7. The van der Waals surface area contributed by atoms with Crippen molar-refractivity contribution in [3.05, 3.63) is 29.8 Å². The topological polar surface area (TPSA) is 124 Å². The van der Waals surface area contributed by atoms with Crippen molar-refractivity contribution in [2.45, 2.75) is 82.3 Å². The Labute approximate surface area is 190 Å². The number of carboxylic acids is 1. The van der Waals surface area contributed by atoms with Gasteiger partial charge in [0.1, 0.15) is 5.75 Å². The summed E-state index contributed by atoms with van der Waals surface area (Å²) in [6.07, 6.45) is -3.69. The van der Waals surface area contributed by atoms with E-state index >= 15 is 0 Å². The van der Waals surface area contributed by atoms with Crippen LogP contribution in [-0.4, -0.2) is 50.7 Å². The predicted molar refractivity (Wildman–Crippen MR) is 111 cm³/mol. The minimum Gasteiger partial charge on any atom is -0.481 e. The molecule has 0 spiro atoms. The number of carbonyl (C=O) groups excluding carboxylic acids is 1. The number of halogens is 3. The number of benzene rings is 1. The second-order valence-corrected chi connectivity index (χ2v) is 8.58. The summed E-state index contributed by atoms with van der Waals surface area (Å²) in [7, 11) is 0. The van der Waals surface area contributed by atoms with Gasteiger partial charge in [-0.1, -0.05) is 25.3 Å². The highest BCUT2D eigenvalue weighted by Gasteiger charge is 2.41. The number of alkyl halides is 3. The van der Waals surface area contributed by atoms with Crippen LogP contribution >= 0.6 is 0 Å². The Hall–Kier alpha value is -2.17. The van der Waals surface area contributed by atoms with E-state index < -0.39 is 42.0 Å². The van der Waals surface area contributed by atoms with E-state index in [9.17, 15) is 38.1 Å². The summed E-state index contributed by atoms with van der Waals surface area (Å²) in [5, 5.41) is 39.4. The van der Waals surface area contributed by atoms with Gasteiger partial charge in [-0.2, -0.15) is 13.2 Å². The van der Waals surface area contributed by atoms with E-state index in [0.29, 0.717) is 18.9 Å². The molecule has 0 heterocycles. The van der Waals surface area contributed by atoms with E-state index in [-0.39, 0.29) is 43.3 Å². The number of esters is 1. The van der Waals surface area contributed by atoms with E-state index in [2.05, 4.69) is 0 Å². The van der Waals surface area contributed by atoms with Gasteiger partial charge in [-0.05, 0) is 62.1 Å². The lowest BCUT2D eigenvalue weighted by atomic mass is 9.85. The van der Waals surface area contributed by atoms with Gasteiger partial charge in [-0.15, -0.1) is 0 Å². The highest BCUT2D eigenvalue weighted by Crippen LogP contribution is 2.39. The zero-order valence-electron chi connectivity index (χ0n) is 18.2. The van der Waals surface area contributed by atoms with Crippen molar-refractivity contribution in [1.29, 1.82) is 0 Å². The van der Waals surface area contributed by atoms with Crippen LogP contribution in [0.4, 0.5) is 13.2 Å². The fraction of sp³-hybridized carbons (Fsp3) is 0.652. The maximum absolute atomic E-state index is 12.8. The Morgan fingerprint density at radius 3 is 2.30 bits per heavy atom. The second-order valence-electron chi connectivity index (χ2n) is 8.58. The molecule has 0 radical (unpaired) electrons. The number of ether oxygens (including phenoxy) is 1. The lowest BCUT2D eigenvalue weighted by molar-refractivity contribution is -0.145. The summed E-state index contributed by atoms with van der Waals surface area (Å²) in [6, 6.07) is 3.80. The van der Waals surface area contributed by atoms with Crippen LogP contribution in [0, 0.1) is 11.8 Å². The standard InChI is InChI=1S/C23H31F3O7/c24-23(25,26)14-6-5-7-15(12-14)33-22(32)18(27)11-10-17-16(19(28)13-20(17)29)8-3-1-2-4-9-21(30)31/h5-7,12,16-20,27-29H,1-4,8-11,13H2,(H,30,31)/t16-,17?,18?,19+,20-/m1/s1. The molecule has 1 fully saturated rings. The van der Waals surface area contributed by atoms with Crippen LogP contribution in [0.15, 0.2) is 24.3 Å². The quantitative estimate of drug-likeness (QED) is 0.207. The van der Waals surface area contributed by atoms with Crippen LogP contribution in [0.1, 0.15) is 63.4 Å². The van der Waals surface area contributed by atoms with Crippen molar-refractivity contribution in [3.8, 4) is 5.75 Å². The van der Waals surface area contributed by atoms with Gasteiger partial charge in [-0.25, -0.2) is 4.79 Å². The molecule has 1 aromatic carbocycles. The molecule has 2 unspecified atom stereocenters. The highest BCUT2D eigenvalue weighted by atomic mass is 19.4. The van der Waals surface area contributed by atoms with E-state index in [1.54, 1.807) is 0 Å². The van der Waals surface area contributed by atoms with Gasteiger partial charge >= 0.3 is 18.1 Å². The van der Waals surface area contributed by atoms with Gasteiger partial charge in [-0.3, -0.25) is 4.79 Å². The number of unbranched alkanes of at least 4 members (excludes halogenated alkanes) is 3. The van der Waals surface area contributed by atoms with Gasteiger partial charge in [0.05, 0.1) is 17.8 Å². The number of aliphatic hydroxyl groups excluding tert-OH is 3. The van der Waals surface area contributed by atoms with Crippen LogP contribution in [0.25, 0.3) is 0 Å². The van der Waals surface area contributed by atoms with Gasteiger partial charge in [0, 0.05) is 6.42 Å². The van der Waals surface area contributed by atoms with Crippen molar-refractivity contribution in [2.75, 3.05) is 0 Å². The molecule has 7 nitrogen and oxygen atoms in total. The zero-order valence-corrected chi connectivity index (χ0v) is 18.2. The van der Waals surface area contributed by atoms with Crippen molar-refractivity contribution in [2.24, 2.45) is 11.8 Å². The number of aliphatic hydroxyl groups is 3. The number of carbonyl (C=O) groups is 2. The lowest BCUT2D eigenvalue weighted by Crippen LogP contribution is -2.29. The van der Waals surface area contributed by atoms with E-state index in [0.717, 1.165) is 31.4 Å². The van der Waals surface area contributed by atoms with Crippen LogP contribution < -0.4 is 4.74 Å². The summed E-state index contributed by atoms with van der Waals surface area (Å²) in [5.41, 5.74) is -0.976. The van der Waals surface area contributed by atoms with E-state index in [4.69, 9.17) is 9.84 Å². The van der Waals surface area contributed by atoms with Gasteiger partial charge in [0.25, 0.3) is 0 Å². The number of carboxylic acid groups (broad SMARTS) is 1. The molecule has 0 saturated heterocycles. The first-order chi connectivity index (χ1) is 15.5. The third-order valence-electron chi connectivity index (χ3n) is 6.12. The smallest absolute Gasteiger partial charge is 0.416 e. The third-order valence-corrected chi connectivity index (χ3v) is 6.12. The normalized spacial score (nSPS) is 23.9. The molecule has 0 bridgehead atoms. The second kappa shape index (κ2) is 12.3. The minimum absolute atomic E-state index is 0.0681. The molecule has 1 aromatic rings. The Morgan fingerprint density at radius 1 is 1.03 bits per heavy atom. The van der Waals surface area contributed by atoms with Gasteiger partial charge in [0.2, 0.25) is 0 Å². The molecule has 5 atom stereocenters. The summed E-state index contributed by atoms with van der Waals surface area (Å²) in [6.45, 7) is 0. The van der Waals surface area contributed by atoms with Gasteiger partial charge < -0.3 is 25.2 Å². The largest absolute Gasteiger partial charge is 0.481 e. The first-order valence-electron chi connectivity index (χ1n) is 11.1. The SMILES string of the molecule is O=C(O)CCCCCC[C@@H]1C(CCC(O)C(=O)Oc2cccc(C(F)(F)F)c2)[C@H](O)C[C@@H]1O. The number of aliphatic carboxylic acids is 1. The molecule has 4 N–H and O–H groups in total. The summed E-state index contributed by atoms with van der Waals surface area (Å²) >= 11 is 0. The Balaban J connectivity index is 1.83. The molecule has 1 aliphatic carbocycles. The fourth-order valence-electron chi connectivity index (χ4n) is 4.38. The van der Waals surface area contributed by atoms with E-state index in [1.807, 2.05) is 0 Å². The maximum Gasteiger partial charge on any atom is 0.416 e. The maximum atomic E-state index is 12.8. The monoisotopic (exact) mass is 476 g/mol. The highest BCUT2D eigenvalue weighted by molar-refractivity contribution is 5.76. The molecule has 1 aliphatic rings. The van der Waals surface area contributed by atoms with Crippen molar-refractivity contribution in [1.82, 2.24) is 0 Å². The Morgan fingerprint density at radius 2 is 1.67 bits per heavy atom. The zero-order chi connectivity index (χ0) is 24.6. The molecule has 10 heteroatoms. The number of rotatable bonds is 12. The van der Waals surface area contributed by atoms with Gasteiger partial charge in [0.15, 0.2) is 6.10 Å². The average molecular weight is 476 g/mol. The van der Waals surface area contributed by atoms with Crippen molar-refractivity contribution >= 4 is 11.9 Å². The van der Waals surface area contributed by atoms with Crippen molar-refractivity contribution < 1.29 is 47.9 Å². The first-order valence-corrected chi connectivity index (χ1v) is 11.1. The molecule has 0 aliphatic heterocycles. The molecule has 0 aromatic heterocycles. The Kier molecular flexibility index (Phi) is 10.1. The van der Waals surface area contributed by atoms with Crippen LogP contribution in [-0.2, 0) is 15.8 Å². The predicted octanol–water partition coefficient (Wildman–Crippen LogP) is 3.54. The molecule has 1 saturated carbocycles. The van der Waals surface area contributed by atoms with Crippen LogP contribution in [0.3, 0.4) is 0 Å². The summed E-state index contributed by atoms with van der Waals surface area (Å²) < 4.78 is 43.2. The third kappa shape index (κ3) is 8.60. The summed E-state index contributed by atoms with van der Waals surface area (Å²) in [5.74, 6) is -2.81. The van der Waals surface area contributed by atoms with Crippen LogP contribution in [0.5, 0.6) is 5.75 Å². The van der Waals surface area contributed by atoms with Crippen LogP contribution in [0.2, 0.25) is 0 Å². The van der Waals surface area contributed by atoms with E-state index in [1.165, 1.54) is 6.07 Å². The number of hydrogen-bond acceptors (Lipinski definition) is 6. The molecule has 0 amide bonds. The Bertz CT molecular complexity index is 784. The van der Waals surface area contributed by atoms with Crippen molar-refractivity contribution in [3.63, 3.8) is 0 Å². The molecule has 33 heavy (non-hydrogen) atoms. The molecule has 2 rings (SSSR count). The first kappa shape index (κ1) is 27.1. The minimum atomic E-state index is -4.59. The fourth-order valence-corrected chi connectivity index (χ4v) is 4.38. The summed E-state index contributed by atoms with van der Waals surface area (Å²) in [4.78, 5) is 22.7. The molecular weight excluding hydrogens is 445 g/mol. The molecule has 186 valence electrons.